The molecule has 1 amide bonds. The second-order valence-corrected chi connectivity index (χ2v) is 7.80. The SMILES string of the molecule is Cc1cc2c(cn1)nc(OC1CN(C(=O)OC(C)(C)C)C1)n2C(C)C. The molecule has 3 rings (SSSR count). The number of aryl methyl sites for hydroxylation is 1. The number of amides is 1. The lowest BCUT2D eigenvalue weighted by Crippen LogP contribution is -2.57. The quantitative estimate of drug-likeness (QED) is 0.853. The van der Waals surface area contributed by atoms with Gasteiger partial charge in [-0.2, -0.15) is 4.98 Å². The monoisotopic (exact) mass is 346 g/mol. The maximum absolute atomic E-state index is 12.0. The van der Waals surface area contributed by atoms with Gasteiger partial charge in [-0.3, -0.25) is 9.55 Å². The zero-order chi connectivity index (χ0) is 18.4. The number of hydrogen-bond donors (Lipinski definition) is 0. The predicted molar refractivity (Wildman–Crippen MR) is 94.9 cm³/mol. The van der Waals surface area contributed by atoms with E-state index >= 15 is 0 Å². The molecular weight excluding hydrogens is 320 g/mol. The lowest BCUT2D eigenvalue weighted by molar-refractivity contribution is -0.0253. The van der Waals surface area contributed by atoms with Crippen LogP contribution in [0, 0.1) is 6.92 Å². The molecule has 0 aromatic carbocycles. The molecule has 0 radical (unpaired) electrons. The van der Waals surface area contributed by atoms with Gasteiger partial charge < -0.3 is 14.4 Å². The molecule has 0 atom stereocenters. The molecule has 0 aliphatic carbocycles. The van der Waals surface area contributed by atoms with Crippen molar-refractivity contribution < 1.29 is 14.3 Å². The zero-order valence-electron chi connectivity index (χ0n) is 15.7. The Bertz CT molecular complexity index is 785. The maximum atomic E-state index is 12.0. The van der Waals surface area contributed by atoms with Crippen LogP contribution in [0.3, 0.4) is 0 Å². The van der Waals surface area contributed by atoms with Crippen molar-refractivity contribution in [3.63, 3.8) is 0 Å². The highest BCUT2D eigenvalue weighted by atomic mass is 16.6. The van der Waals surface area contributed by atoms with Crippen LogP contribution in [0.4, 0.5) is 4.79 Å². The summed E-state index contributed by atoms with van der Waals surface area (Å²) in [4.78, 5) is 22.5. The van der Waals surface area contributed by atoms with Crippen molar-refractivity contribution in [1.82, 2.24) is 19.4 Å². The first-order valence-corrected chi connectivity index (χ1v) is 8.63. The van der Waals surface area contributed by atoms with Crippen LogP contribution < -0.4 is 4.74 Å². The molecule has 25 heavy (non-hydrogen) atoms. The lowest BCUT2D eigenvalue weighted by atomic mass is 10.2. The van der Waals surface area contributed by atoms with E-state index in [4.69, 9.17) is 9.47 Å². The fourth-order valence-corrected chi connectivity index (χ4v) is 2.80. The van der Waals surface area contributed by atoms with Crippen LogP contribution in [-0.4, -0.2) is 50.3 Å². The molecular formula is C18H26N4O3. The van der Waals surface area contributed by atoms with E-state index in [0.717, 1.165) is 16.7 Å². The summed E-state index contributed by atoms with van der Waals surface area (Å²) >= 11 is 0. The van der Waals surface area contributed by atoms with E-state index in [-0.39, 0.29) is 18.2 Å². The second-order valence-electron chi connectivity index (χ2n) is 7.80. The molecule has 3 heterocycles. The Morgan fingerprint density at radius 1 is 1.32 bits per heavy atom. The molecule has 1 aliphatic heterocycles. The fourth-order valence-electron chi connectivity index (χ4n) is 2.80. The van der Waals surface area contributed by atoms with E-state index in [1.807, 2.05) is 33.8 Å². The number of carbonyl (C=O) groups excluding carboxylic acids is 1. The van der Waals surface area contributed by atoms with E-state index in [1.54, 1.807) is 11.1 Å². The van der Waals surface area contributed by atoms with Crippen LogP contribution in [0.2, 0.25) is 0 Å². The highest BCUT2D eigenvalue weighted by Gasteiger charge is 2.36. The molecule has 7 nitrogen and oxygen atoms in total. The zero-order valence-corrected chi connectivity index (χ0v) is 15.7. The Morgan fingerprint density at radius 3 is 2.60 bits per heavy atom. The third-order valence-electron chi connectivity index (χ3n) is 3.97. The van der Waals surface area contributed by atoms with Crippen LogP contribution in [0.1, 0.15) is 46.4 Å². The summed E-state index contributed by atoms with van der Waals surface area (Å²) < 4.78 is 13.5. The van der Waals surface area contributed by atoms with Gasteiger partial charge in [-0.1, -0.05) is 0 Å². The summed E-state index contributed by atoms with van der Waals surface area (Å²) in [6, 6.07) is 2.80. The molecule has 136 valence electrons. The number of pyridine rings is 1. The van der Waals surface area contributed by atoms with E-state index in [9.17, 15) is 4.79 Å². The minimum absolute atomic E-state index is 0.0733. The Morgan fingerprint density at radius 2 is 2.00 bits per heavy atom. The Hall–Kier alpha value is -2.31. The number of ether oxygens (including phenoxy) is 2. The third kappa shape index (κ3) is 3.70. The van der Waals surface area contributed by atoms with Crippen molar-refractivity contribution in [2.24, 2.45) is 0 Å². The highest BCUT2D eigenvalue weighted by Crippen LogP contribution is 2.28. The molecule has 0 N–H and O–H groups in total. The number of nitrogens with zero attached hydrogens (tertiary/aromatic N) is 4. The van der Waals surface area contributed by atoms with Crippen LogP contribution in [0.15, 0.2) is 12.3 Å². The summed E-state index contributed by atoms with van der Waals surface area (Å²) in [5.41, 5.74) is 2.29. The van der Waals surface area contributed by atoms with E-state index < -0.39 is 5.60 Å². The first-order valence-electron chi connectivity index (χ1n) is 8.63. The van der Waals surface area contributed by atoms with Crippen LogP contribution >= 0.6 is 0 Å². The van der Waals surface area contributed by atoms with Gasteiger partial charge in [0.1, 0.15) is 17.2 Å². The number of aromatic nitrogens is 3. The summed E-state index contributed by atoms with van der Waals surface area (Å²) in [5, 5.41) is 0. The molecule has 0 spiro atoms. The first-order chi connectivity index (χ1) is 11.6. The molecule has 7 heteroatoms. The summed E-state index contributed by atoms with van der Waals surface area (Å²) in [6.45, 7) is 12.7. The molecule has 2 aromatic rings. The van der Waals surface area contributed by atoms with Gasteiger partial charge in [0, 0.05) is 11.7 Å². The van der Waals surface area contributed by atoms with Crippen LogP contribution in [0.5, 0.6) is 6.01 Å². The average Bonchev–Trinajstić information content (AvgIpc) is 2.77. The highest BCUT2D eigenvalue weighted by molar-refractivity contribution is 5.76. The van der Waals surface area contributed by atoms with Gasteiger partial charge in [-0.25, -0.2) is 4.79 Å². The normalized spacial score (nSPS) is 15.6. The minimum Gasteiger partial charge on any atom is -0.458 e. The molecule has 0 saturated carbocycles. The number of imidazole rings is 1. The van der Waals surface area contributed by atoms with Gasteiger partial charge in [-0.15, -0.1) is 0 Å². The Kier molecular flexibility index (Phi) is 4.34. The van der Waals surface area contributed by atoms with Gasteiger partial charge in [0.25, 0.3) is 6.01 Å². The number of carbonyl (C=O) groups is 1. The fraction of sp³-hybridized carbons (Fsp3) is 0.611. The van der Waals surface area contributed by atoms with Gasteiger partial charge in [0.2, 0.25) is 0 Å². The largest absolute Gasteiger partial charge is 0.458 e. The summed E-state index contributed by atoms with van der Waals surface area (Å²) in [6.07, 6.45) is 1.39. The van der Waals surface area contributed by atoms with E-state index in [0.29, 0.717) is 19.1 Å². The molecule has 1 fully saturated rings. The Labute approximate surface area is 147 Å². The number of fused-ring (bicyclic) bond motifs is 1. The van der Waals surface area contributed by atoms with Crippen LogP contribution in [0.25, 0.3) is 11.0 Å². The molecule has 0 unspecified atom stereocenters. The van der Waals surface area contributed by atoms with Crippen molar-refractivity contribution in [1.29, 1.82) is 0 Å². The van der Waals surface area contributed by atoms with Gasteiger partial charge in [0.05, 0.1) is 24.8 Å². The van der Waals surface area contributed by atoms with Gasteiger partial charge >= 0.3 is 6.09 Å². The number of hydrogen-bond acceptors (Lipinski definition) is 5. The lowest BCUT2D eigenvalue weighted by Gasteiger charge is -2.39. The van der Waals surface area contributed by atoms with Crippen molar-refractivity contribution in [2.75, 3.05) is 13.1 Å². The second kappa shape index (κ2) is 6.20. The third-order valence-corrected chi connectivity index (χ3v) is 3.97. The van der Waals surface area contributed by atoms with Crippen molar-refractivity contribution >= 4 is 17.1 Å². The summed E-state index contributed by atoms with van der Waals surface area (Å²) in [5.74, 6) is 0. The van der Waals surface area contributed by atoms with Crippen LogP contribution in [-0.2, 0) is 4.74 Å². The van der Waals surface area contributed by atoms with Gasteiger partial charge in [-0.05, 0) is 47.6 Å². The smallest absolute Gasteiger partial charge is 0.410 e. The molecule has 0 bridgehead atoms. The maximum Gasteiger partial charge on any atom is 0.410 e. The van der Waals surface area contributed by atoms with Gasteiger partial charge in [0.15, 0.2) is 0 Å². The van der Waals surface area contributed by atoms with E-state index in [2.05, 4.69) is 28.4 Å². The number of likely N-dealkylation sites (tertiary alicyclic amines) is 1. The van der Waals surface area contributed by atoms with Crippen molar-refractivity contribution in [3.05, 3.63) is 18.0 Å². The summed E-state index contributed by atoms with van der Waals surface area (Å²) in [7, 11) is 0. The minimum atomic E-state index is -0.487. The molecule has 1 aliphatic rings. The molecule has 1 saturated heterocycles. The Balaban J connectivity index is 1.71. The van der Waals surface area contributed by atoms with Crippen molar-refractivity contribution in [3.8, 4) is 6.01 Å². The predicted octanol–water partition coefficient (Wildman–Crippen LogP) is 3.32. The first kappa shape index (κ1) is 17.5. The van der Waals surface area contributed by atoms with E-state index in [1.165, 1.54) is 0 Å². The standard InChI is InChI=1S/C18H26N4O3/c1-11(2)22-15-7-12(3)19-8-14(15)20-16(22)24-13-9-21(10-13)17(23)25-18(4,5)6/h7-8,11,13H,9-10H2,1-6H3. The number of rotatable bonds is 3. The molecule has 2 aromatic heterocycles. The topological polar surface area (TPSA) is 69.5 Å². The van der Waals surface area contributed by atoms with Crippen molar-refractivity contribution in [2.45, 2.75) is 59.3 Å². The average molecular weight is 346 g/mol.